The molecule has 3 nitrogen and oxygen atoms in total. The maximum atomic E-state index is 12.0. The fourth-order valence-corrected chi connectivity index (χ4v) is 3.75. The highest BCUT2D eigenvalue weighted by atomic mass is 35.5. The lowest BCUT2D eigenvalue weighted by molar-refractivity contribution is 0.679. The predicted molar refractivity (Wildman–Crippen MR) is 94.4 cm³/mol. The van der Waals surface area contributed by atoms with Gasteiger partial charge in [0.2, 0.25) is 0 Å². The van der Waals surface area contributed by atoms with Crippen molar-refractivity contribution in [3.05, 3.63) is 63.0 Å². The van der Waals surface area contributed by atoms with Gasteiger partial charge < -0.3 is 4.98 Å². The van der Waals surface area contributed by atoms with E-state index in [1.165, 1.54) is 0 Å². The Kier molecular flexibility index (Phi) is 4.81. The summed E-state index contributed by atoms with van der Waals surface area (Å²) in [7, 11) is 0. The second-order valence-electron chi connectivity index (χ2n) is 4.88. The first-order valence-corrected chi connectivity index (χ1v) is 8.65. The van der Waals surface area contributed by atoms with E-state index in [9.17, 15) is 4.79 Å². The molecular weight excluding hydrogens is 339 g/mol. The monoisotopic (exact) mass is 352 g/mol. The van der Waals surface area contributed by atoms with Gasteiger partial charge in [-0.3, -0.25) is 4.57 Å². The molecule has 3 aromatic rings. The van der Waals surface area contributed by atoms with E-state index in [2.05, 4.69) is 4.98 Å². The van der Waals surface area contributed by atoms with E-state index in [-0.39, 0.29) is 5.69 Å². The van der Waals surface area contributed by atoms with Crippen LogP contribution in [0.15, 0.2) is 52.2 Å². The van der Waals surface area contributed by atoms with Crippen LogP contribution < -0.4 is 5.69 Å². The van der Waals surface area contributed by atoms with Crippen molar-refractivity contribution in [1.82, 2.24) is 9.55 Å². The summed E-state index contributed by atoms with van der Waals surface area (Å²) in [6.07, 6.45) is 0.870. The lowest BCUT2D eigenvalue weighted by Gasteiger charge is -2.06. The van der Waals surface area contributed by atoms with Crippen LogP contribution in [0.1, 0.15) is 6.42 Å². The minimum atomic E-state index is -0.0630. The molecule has 1 aromatic heterocycles. The Morgan fingerprint density at radius 2 is 1.95 bits per heavy atom. The molecule has 2 aromatic carbocycles. The molecule has 3 rings (SSSR count). The second kappa shape index (κ2) is 6.82. The van der Waals surface area contributed by atoms with Crippen LogP contribution >= 0.6 is 35.0 Å². The van der Waals surface area contributed by atoms with Gasteiger partial charge in [-0.1, -0.05) is 35.3 Å². The maximum Gasteiger partial charge on any atom is 0.326 e. The van der Waals surface area contributed by atoms with Crippen molar-refractivity contribution in [3.63, 3.8) is 0 Å². The third-order valence-corrected chi connectivity index (χ3v) is 5.18. The smallest absolute Gasteiger partial charge is 0.306 e. The number of halogens is 2. The standard InChI is InChI=1S/C16H14Cl2N2OS/c17-11-6-7-12(18)15(10-11)22-9-3-8-20-14-5-2-1-4-13(14)19-16(20)21/h1-2,4-7,10H,3,8-9H2,(H,19,21). The van der Waals surface area contributed by atoms with E-state index >= 15 is 0 Å². The summed E-state index contributed by atoms with van der Waals surface area (Å²) in [5.74, 6) is 0.867. The fourth-order valence-electron chi connectivity index (χ4n) is 2.32. The first-order valence-electron chi connectivity index (χ1n) is 6.90. The Bertz CT molecular complexity index is 857. The number of aryl methyl sites for hydroxylation is 1. The van der Waals surface area contributed by atoms with Crippen LogP contribution in [-0.2, 0) is 6.54 Å². The fraction of sp³-hybridized carbons (Fsp3) is 0.188. The van der Waals surface area contributed by atoms with Crippen molar-refractivity contribution < 1.29 is 0 Å². The molecule has 0 atom stereocenters. The number of nitrogens with one attached hydrogen (secondary N) is 1. The molecule has 0 unspecified atom stereocenters. The number of thioether (sulfide) groups is 1. The van der Waals surface area contributed by atoms with E-state index in [1.807, 2.05) is 30.3 Å². The topological polar surface area (TPSA) is 37.8 Å². The molecule has 0 radical (unpaired) electrons. The van der Waals surface area contributed by atoms with Crippen LogP contribution in [0.3, 0.4) is 0 Å². The van der Waals surface area contributed by atoms with Crippen LogP contribution in [0, 0.1) is 0 Å². The molecule has 0 bridgehead atoms. The minimum Gasteiger partial charge on any atom is -0.306 e. The summed E-state index contributed by atoms with van der Waals surface area (Å²) >= 11 is 13.8. The third kappa shape index (κ3) is 3.35. The van der Waals surface area contributed by atoms with E-state index in [0.29, 0.717) is 16.6 Å². The molecule has 0 aliphatic heterocycles. The Hall–Kier alpha value is -1.36. The Morgan fingerprint density at radius 3 is 2.82 bits per heavy atom. The number of para-hydroxylation sites is 2. The van der Waals surface area contributed by atoms with Crippen molar-refractivity contribution in [1.29, 1.82) is 0 Å². The number of rotatable bonds is 5. The van der Waals surface area contributed by atoms with Crippen molar-refractivity contribution in [2.75, 3.05) is 5.75 Å². The molecule has 0 aliphatic rings. The highest BCUT2D eigenvalue weighted by Crippen LogP contribution is 2.30. The average Bonchev–Trinajstić information content (AvgIpc) is 2.83. The van der Waals surface area contributed by atoms with Crippen molar-refractivity contribution in [2.24, 2.45) is 0 Å². The number of hydrogen-bond donors (Lipinski definition) is 1. The largest absolute Gasteiger partial charge is 0.326 e. The molecule has 0 aliphatic carbocycles. The molecule has 22 heavy (non-hydrogen) atoms. The van der Waals surface area contributed by atoms with E-state index in [4.69, 9.17) is 23.2 Å². The van der Waals surface area contributed by atoms with Crippen LogP contribution in [0.4, 0.5) is 0 Å². The number of imidazole rings is 1. The van der Waals surface area contributed by atoms with Crippen LogP contribution in [-0.4, -0.2) is 15.3 Å². The number of nitrogens with zero attached hydrogens (tertiary/aromatic N) is 1. The molecule has 1 N–H and O–H groups in total. The summed E-state index contributed by atoms with van der Waals surface area (Å²) in [5, 5.41) is 1.39. The number of H-pyrrole nitrogens is 1. The van der Waals surface area contributed by atoms with E-state index in [0.717, 1.165) is 28.1 Å². The van der Waals surface area contributed by atoms with Crippen LogP contribution in [0.5, 0.6) is 0 Å². The summed E-state index contributed by atoms with van der Waals surface area (Å²) in [4.78, 5) is 15.8. The summed E-state index contributed by atoms with van der Waals surface area (Å²) in [6, 6.07) is 13.2. The zero-order valence-corrected chi connectivity index (χ0v) is 14.0. The molecule has 1 heterocycles. The molecule has 6 heteroatoms. The van der Waals surface area contributed by atoms with Gasteiger partial charge in [0.15, 0.2) is 0 Å². The highest BCUT2D eigenvalue weighted by molar-refractivity contribution is 7.99. The predicted octanol–water partition coefficient (Wildman–Crippen LogP) is 4.82. The van der Waals surface area contributed by atoms with E-state index < -0.39 is 0 Å². The molecule has 0 amide bonds. The SMILES string of the molecule is O=c1[nH]c2ccccc2n1CCCSc1cc(Cl)ccc1Cl. The number of fused-ring (bicyclic) bond motifs is 1. The first-order chi connectivity index (χ1) is 10.6. The van der Waals surface area contributed by atoms with Gasteiger partial charge in [-0.25, -0.2) is 4.79 Å². The summed E-state index contributed by atoms with van der Waals surface area (Å²) in [6.45, 7) is 0.675. The third-order valence-electron chi connectivity index (χ3n) is 3.36. The van der Waals surface area contributed by atoms with Gasteiger partial charge in [-0.2, -0.15) is 0 Å². The lowest BCUT2D eigenvalue weighted by atomic mass is 10.3. The van der Waals surface area contributed by atoms with Crippen LogP contribution in [0.25, 0.3) is 11.0 Å². The summed E-state index contributed by atoms with van der Waals surface area (Å²) < 4.78 is 1.77. The maximum absolute atomic E-state index is 12.0. The first kappa shape index (κ1) is 15.5. The zero-order chi connectivity index (χ0) is 15.5. The van der Waals surface area contributed by atoms with Gasteiger partial charge in [0.25, 0.3) is 0 Å². The van der Waals surface area contributed by atoms with Gasteiger partial charge in [-0.05, 0) is 42.5 Å². The van der Waals surface area contributed by atoms with Crippen LogP contribution in [0.2, 0.25) is 10.0 Å². The molecular formula is C16H14Cl2N2OS. The van der Waals surface area contributed by atoms with Gasteiger partial charge in [0, 0.05) is 16.5 Å². The van der Waals surface area contributed by atoms with Crippen molar-refractivity contribution in [2.45, 2.75) is 17.9 Å². The quantitative estimate of drug-likeness (QED) is 0.528. The molecule has 114 valence electrons. The number of aromatic amines is 1. The van der Waals surface area contributed by atoms with Crippen molar-refractivity contribution >= 4 is 46.0 Å². The second-order valence-corrected chi connectivity index (χ2v) is 6.86. The van der Waals surface area contributed by atoms with Gasteiger partial charge in [0.1, 0.15) is 0 Å². The van der Waals surface area contributed by atoms with Gasteiger partial charge >= 0.3 is 5.69 Å². The summed E-state index contributed by atoms with van der Waals surface area (Å²) in [5.41, 5.74) is 1.75. The Balaban J connectivity index is 1.64. The lowest BCUT2D eigenvalue weighted by Crippen LogP contribution is -2.17. The van der Waals surface area contributed by atoms with Gasteiger partial charge in [0.05, 0.1) is 16.1 Å². The van der Waals surface area contributed by atoms with Crippen molar-refractivity contribution in [3.8, 4) is 0 Å². The Labute approximate surface area is 142 Å². The molecule has 0 fully saturated rings. The van der Waals surface area contributed by atoms with E-state index in [1.54, 1.807) is 28.5 Å². The molecule has 0 spiro atoms. The number of hydrogen-bond acceptors (Lipinski definition) is 2. The molecule has 0 saturated heterocycles. The Morgan fingerprint density at radius 1 is 1.14 bits per heavy atom. The number of benzene rings is 2. The number of aromatic nitrogens is 2. The zero-order valence-electron chi connectivity index (χ0n) is 11.7. The normalized spacial score (nSPS) is 11.2. The highest BCUT2D eigenvalue weighted by Gasteiger charge is 2.06. The molecule has 0 saturated carbocycles. The minimum absolute atomic E-state index is 0.0630. The van der Waals surface area contributed by atoms with Gasteiger partial charge in [-0.15, -0.1) is 11.8 Å². The average molecular weight is 353 g/mol.